The Kier molecular flexibility index (Phi) is 5.00. The van der Waals surface area contributed by atoms with Gasteiger partial charge in [0.25, 0.3) is 10.0 Å². The van der Waals surface area contributed by atoms with E-state index in [1.807, 2.05) is 7.05 Å². The monoisotopic (exact) mass is 319 g/mol. The highest BCUT2D eigenvalue weighted by molar-refractivity contribution is 7.91. The van der Waals surface area contributed by atoms with Gasteiger partial charge in [0.05, 0.1) is 0 Å². The Bertz CT molecular complexity index is 606. The molecule has 2 rings (SSSR count). The zero-order valence-electron chi connectivity index (χ0n) is 11.8. The molecule has 0 bridgehead atoms. The Morgan fingerprint density at radius 2 is 2.20 bits per heavy atom. The van der Waals surface area contributed by atoms with E-state index in [9.17, 15) is 13.2 Å². The predicted octanol–water partition coefficient (Wildman–Crippen LogP) is 0.898. The highest BCUT2D eigenvalue weighted by Crippen LogP contribution is 2.29. The molecule has 6 nitrogen and oxygen atoms in total. The van der Waals surface area contributed by atoms with Gasteiger partial charge in [-0.15, -0.1) is 0 Å². The summed E-state index contributed by atoms with van der Waals surface area (Å²) in [6.07, 6.45) is 3.63. The summed E-state index contributed by atoms with van der Waals surface area (Å²) < 4.78 is 27.3. The van der Waals surface area contributed by atoms with E-state index < -0.39 is 10.0 Å². The zero-order valence-corrected chi connectivity index (χ0v) is 13.4. The molecule has 0 amide bonds. The molecule has 1 aromatic rings. The first-order valence-electron chi connectivity index (χ1n) is 6.83. The third-order valence-electron chi connectivity index (χ3n) is 3.62. The van der Waals surface area contributed by atoms with E-state index in [4.69, 9.17) is 0 Å². The van der Waals surface area contributed by atoms with Crippen LogP contribution in [0.2, 0.25) is 0 Å². The van der Waals surface area contributed by atoms with E-state index >= 15 is 0 Å². The third-order valence-corrected chi connectivity index (χ3v) is 7.16. The van der Waals surface area contributed by atoms with Gasteiger partial charge in [0.15, 0.2) is 4.21 Å². The molecule has 114 valence electrons. The molecule has 20 heavy (non-hydrogen) atoms. The summed E-state index contributed by atoms with van der Waals surface area (Å²) in [7, 11) is -1.69. The maximum atomic E-state index is 12.8. The van der Waals surface area contributed by atoms with E-state index in [0.717, 1.165) is 43.6 Å². The highest BCUT2D eigenvalue weighted by atomic mass is 32.2. The first-order chi connectivity index (χ1) is 9.46. The lowest BCUT2D eigenvalue weighted by Crippen LogP contribution is -2.44. The van der Waals surface area contributed by atoms with Gasteiger partial charge in [0.2, 0.25) is 0 Å². The third kappa shape index (κ3) is 3.13. The number of H-pyrrole nitrogens is 1. The molecule has 1 unspecified atom stereocenters. The first kappa shape index (κ1) is 15.7. The van der Waals surface area contributed by atoms with Gasteiger partial charge in [-0.3, -0.25) is 4.79 Å². The molecule has 1 aromatic heterocycles. The molecule has 1 fully saturated rings. The van der Waals surface area contributed by atoms with Crippen molar-refractivity contribution in [1.82, 2.24) is 14.6 Å². The van der Waals surface area contributed by atoms with Crippen LogP contribution in [0.25, 0.3) is 0 Å². The van der Waals surface area contributed by atoms with Crippen molar-refractivity contribution in [2.24, 2.45) is 0 Å². The van der Waals surface area contributed by atoms with Crippen molar-refractivity contribution in [2.45, 2.75) is 42.9 Å². The van der Waals surface area contributed by atoms with E-state index in [-0.39, 0.29) is 15.1 Å². The maximum Gasteiger partial charge on any atom is 0.305 e. The second kappa shape index (κ2) is 6.38. The molecule has 0 aromatic carbocycles. The SMILES string of the molecule is CNCCC1CCCCN1S(=O)(=O)c1sc(=O)[nH]c1C. The molecule has 1 atom stereocenters. The molecule has 2 N–H and O–H groups in total. The van der Waals surface area contributed by atoms with Gasteiger partial charge in [-0.1, -0.05) is 17.8 Å². The molecular formula is C12H21N3O3S2. The van der Waals surface area contributed by atoms with E-state index in [1.165, 1.54) is 0 Å². The number of aromatic amines is 1. The molecule has 1 aliphatic rings. The van der Waals surface area contributed by atoms with E-state index in [1.54, 1.807) is 11.2 Å². The Morgan fingerprint density at radius 1 is 1.45 bits per heavy atom. The van der Waals surface area contributed by atoms with Gasteiger partial charge in [-0.05, 0) is 39.8 Å². The summed E-state index contributed by atoms with van der Waals surface area (Å²) >= 11 is 0.784. The average Bonchev–Trinajstić information content (AvgIpc) is 2.76. The van der Waals surface area contributed by atoms with Gasteiger partial charge in [0, 0.05) is 18.3 Å². The van der Waals surface area contributed by atoms with Crippen molar-refractivity contribution in [3.8, 4) is 0 Å². The maximum absolute atomic E-state index is 12.8. The number of hydrogen-bond acceptors (Lipinski definition) is 5. The summed E-state index contributed by atoms with van der Waals surface area (Å²) in [5.74, 6) is 0. The number of aromatic nitrogens is 1. The molecule has 2 heterocycles. The first-order valence-corrected chi connectivity index (χ1v) is 9.08. The minimum Gasteiger partial charge on any atom is -0.320 e. The van der Waals surface area contributed by atoms with Gasteiger partial charge in [-0.25, -0.2) is 8.42 Å². The molecule has 0 radical (unpaired) electrons. The number of sulfonamides is 1. The Morgan fingerprint density at radius 3 is 2.80 bits per heavy atom. The van der Waals surface area contributed by atoms with E-state index in [2.05, 4.69) is 10.3 Å². The smallest absolute Gasteiger partial charge is 0.305 e. The minimum atomic E-state index is -3.56. The Hall–Kier alpha value is -0.700. The number of aryl methyl sites for hydroxylation is 1. The van der Waals surface area contributed by atoms with Crippen LogP contribution in [0.1, 0.15) is 31.4 Å². The van der Waals surface area contributed by atoms with Crippen molar-refractivity contribution in [1.29, 1.82) is 0 Å². The largest absolute Gasteiger partial charge is 0.320 e. The number of hydrogen-bond donors (Lipinski definition) is 2. The van der Waals surface area contributed by atoms with Crippen LogP contribution in [0.3, 0.4) is 0 Å². The molecule has 0 spiro atoms. The summed E-state index contributed by atoms with van der Waals surface area (Å²) in [6, 6.07) is 0.0257. The molecule has 0 aliphatic carbocycles. The number of nitrogens with one attached hydrogen (secondary N) is 2. The van der Waals surface area contributed by atoms with Crippen molar-refractivity contribution in [2.75, 3.05) is 20.1 Å². The Balaban J connectivity index is 2.30. The zero-order chi connectivity index (χ0) is 14.8. The van der Waals surface area contributed by atoms with Crippen molar-refractivity contribution in [3.63, 3.8) is 0 Å². The summed E-state index contributed by atoms with van der Waals surface area (Å²) in [6.45, 7) is 2.97. The van der Waals surface area contributed by atoms with Crippen LogP contribution in [-0.4, -0.2) is 43.9 Å². The standard InChI is InChI=1S/C12H21N3O3S2/c1-9-11(19-12(16)14-9)20(17,18)15-8-4-3-5-10(15)6-7-13-2/h10,13H,3-8H2,1-2H3,(H,14,16). The van der Waals surface area contributed by atoms with Gasteiger partial charge in [0.1, 0.15) is 0 Å². The number of nitrogens with zero attached hydrogens (tertiary/aromatic N) is 1. The molecule has 1 aliphatic heterocycles. The fourth-order valence-electron chi connectivity index (χ4n) is 2.63. The number of rotatable bonds is 5. The normalized spacial score (nSPS) is 21.2. The number of piperidine rings is 1. The van der Waals surface area contributed by atoms with Crippen LogP contribution in [-0.2, 0) is 10.0 Å². The van der Waals surface area contributed by atoms with Crippen LogP contribution < -0.4 is 10.2 Å². The van der Waals surface area contributed by atoms with Gasteiger partial charge in [-0.2, -0.15) is 4.31 Å². The van der Waals surface area contributed by atoms with Crippen LogP contribution in [0, 0.1) is 6.92 Å². The minimum absolute atomic E-state index is 0.0257. The van der Waals surface area contributed by atoms with Crippen LogP contribution in [0.15, 0.2) is 9.00 Å². The summed E-state index contributed by atoms with van der Waals surface area (Å²) in [4.78, 5) is 13.6. The van der Waals surface area contributed by atoms with Crippen LogP contribution in [0.5, 0.6) is 0 Å². The second-order valence-electron chi connectivity index (χ2n) is 5.08. The predicted molar refractivity (Wildman–Crippen MR) is 79.8 cm³/mol. The fourth-order valence-corrected chi connectivity index (χ4v) is 5.77. The lowest BCUT2D eigenvalue weighted by molar-refractivity contribution is 0.241. The average molecular weight is 319 g/mol. The second-order valence-corrected chi connectivity index (χ2v) is 8.15. The summed E-state index contributed by atoms with van der Waals surface area (Å²) in [5.41, 5.74) is 0.443. The highest BCUT2D eigenvalue weighted by Gasteiger charge is 2.35. The van der Waals surface area contributed by atoms with Gasteiger partial charge < -0.3 is 10.3 Å². The molecular weight excluding hydrogens is 298 g/mol. The lowest BCUT2D eigenvalue weighted by atomic mass is 10.0. The topological polar surface area (TPSA) is 82.3 Å². The van der Waals surface area contributed by atoms with Gasteiger partial charge >= 0.3 is 4.87 Å². The quantitative estimate of drug-likeness (QED) is 0.845. The Labute approximate surface area is 123 Å². The lowest BCUT2D eigenvalue weighted by Gasteiger charge is -2.34. The van der Waals surface area contributed by atoms with Crippen molar-refractivity contribution >= 4 is 21.4 Å². The van der Waals surface area contributed by atoms with E-state index in [0.29, 0.717) is 12.2 Å². The molecule has 8 heteroatoms. The fraction of sp³-hybridized carbons (Fsp3) is 0.750. The van der Waals surface area contributed by atoms with Crippen LogP contribution >= 0.6 is 11.3 Å². The number of thiazole rings is 1. The van der Waals surface area contributed by atoms with Crippen molar-refractivity contribution in [3.05, 3.63) is 15.4 Å². The molecule has 0 saturated carbocycles. The van der Waals surface area contributed by atoms with Crippen LogP contribution in [0.4, 0.5) is 0 Å². The van der Waals surface area contributed by atoms with Crippen molar-refractivity contribution < 1.29 is 8.42 Å². The summed E-state index contributed by atoms with van der Waals surface area (Å²) in [5, 5.41) is 3.07. The molecule has 1 saturated heterocycles.